The first-order valence-corrected chi connectivity index (χ1v) is 9.32. The maximum Gasteiger partial charge on any atom is 0.347 e. The summed E-state index contributed by atoms with van der Waals surface area (Å²) in [6, 6.07) is 10.9. The van der Waals surface area contributed by atoms with Crippen molar-refractivity contribution in [2.45, 2.75) is 19.6 Å². The summed E-state index contributed by atoms with van der Waals surface area (Å²) in [7, 11) is 0. The van der Waals surface area contributed by atoms with Crippen molar-refractivity contribution in [3.63, 3.8) is 0 Å². The van der Waals surface area contributed by atoms with E-state index in [0.717, 1.165) is 15.6 Å². The van der Waals surface area contributed by atoms with Crippen LogP contribution in [0.3, 0.4) is 0 Å². The van der Waals surface area contributed by atoms with Gasteiger partial charge in [0.2, 0.25) is 0 Å². The Morgan fingerprint density at radius 1 is 1.29 bits per heavy atom. The molecule has 0 saturated carbocycles. The summed E-state index contributed by atoms with van der Waals surface area (Å²) in [5.41, 5.74) is 0.728. The lowest BCUT2D eigenvalue weighted by Crippen LogP contribution is -2.26. The minimum atomic E-state index is -0.723. The summed E-state index contributed by atoms with van der Waals surface area (Å²) < 4.78 is 10.8. The second kappa shape index (κ2) is 7.79. The molecule has 0 aliphatic rings. The number of nitrogens with zero attached hydrogens (tertiary/aromatic N) is 1. The SMILES string of the molecule is CC(Oc1cccc(Cl)c1)C(=O)OCc1csc(-c2cccs2)n1. The van der Waals surface area contributed by atoms with Gasteiger partial charge in [0, 0.05) is 10.4 Å². The van der Waals surface area contributed by atoms with E-state index in [4.69, 9.17) is 21.1 Å². The molecular weight excluding hydrogens is 366 g/mol. The Morgan fingerprint density at radius 3 is 2.92 bits per heavy atom. The fourth-order valence-corrected chi connectivity index (χ4v) is 3.74. The molecule has 0 fully saturated rings. The van der Waals surface area contributed by atoms with Gasteiger partial charge in [0.15, 0.2) is 6.10 Å². The zero-order valence-electron chi connectivity index (χ0n) is 12.8. The van der Waals surface area contributed by atoms with Crippen LogP contribution < -0.4 is 4.74 Å². The number of aromatic nitrogens is 1. The van der Waals surface area contributed by atoms with Crippen molar-refractivity contribution in [1.29, 1.82) is 0 Å². The Morgan fingerprint density at radius 2 is 2.17 bits per heavy atom. The van der Waals surface area contributed by atoms with Crippen molar-refractivity contribution in [2.24, 2.45) is 0 Å². The van der Waals surface area contributed by atoms with Crippen LogP contribution in [0.25, 0.3) is 9.88 Å². The lowest BCUT2D eigenvalue weighted by Gasteiger charge is -2.13. The molecule has 0 aliphatic heterocycles. The lowest BCUT2D eigenvalue weighted by molar-refractivity contribution is -0.152. The fraction of sp³-hybridized carbons (Fsp3) is 0.176. The number of hydrogen-bond donors (Lipinski definition) is 0. The first kappa shape index (κ1) is 17.0. The molecule has 1 aromatic carbocycles. The largest absolute Gasteiger partial charge is 0.479 e. The number of carbonyl (C=O) groups is 1. The normalized spacial score (nSPS) is 11.9. The van der Waals surface area contributed by atoms with Gasteiger partial charge in [-0.1, -0.05) is 23.7 Å². The predicted molar refractivity (Wildman–Crippen MR) is 96.8 cm³/mol. The number of thiophene rings is 1. The highest BCUT2D eigenvalue weighted by Crippen LogP contribution is 2.28. The number of esters is 1. The van der Waals surface area contributed by atoms with Crippen molar-refractivity contribution < 1.29 is 14.3 Å². The third kappa shape index (κ3) is 4.35. The molecule has 0 saturated heterocycles. The van der Waals surface area contributed by atoms with E-state index in [0.29, 0.717) is 10.8 Å². The molecule has 0 bridgehead atoms. The van der Waals surface area contributed by atoms with Crippen LogP contribution in [0.15, 0.2) is 47.2 Å². The van der Waals surface area contributed by atoms with E-state index < -0.39 is 12.1 Å². The Hall–Kier alpha value is -1.89. The molecule has 0 N–H and O–H groups in total. The van der Waals surface area contributed by atoms with Gasteiger partial charge >= 0.3 is 5.97 Å². The molecule has 2 aromatic heterocycles. The fourth-order valence-electron chi connectivity index (χ4n) is 1.94. The molecule has 124 valence electrons. The lowest BCUT2D eigenvalue weighted by atomic mass is 10.3. The number of benzene rings is 1. The number of halogens is 1. The van der Waals surface area contributed by atoms with Crippen LogP contribution in [0.4, 0.5) is 0 Å². The smallest absolute Gasteiger partial charge is 0.347 e. The molecule has 0 amide bonds. The molecule has 0 spiro atoms. The van der Waals surface area contributed by atoms with Gasteiger partial charge in [-0.2, -0.15) is 0 Å². The average molecular weight is 380 g/mol. The van der Waals surface area contributed by atoms with E-state index in [1.165, 1.54) is 11.3 Å². The third-order valence-corrected chi connectivity index (χ3v) is 5.25. The molecule has 7 heteroatoms. The molecule has 0 radical (unpaired) electrons. The molecule has 1 atom stereocenters. The molecule has 1 unspecified atom stereocenters. The third-order valence-electron chi connectivity index (χ3n) is 3.09. The van der Waals surface area contributed by atoms with Gasteiger partial charge in [-0.15, -0.1) is 22.7 Å². The van der Waals surface area contributed by atoms with Crippen LogP contribution in [-0.2, 0) is 16.1 Å². The second-order valence-electron chi connectivity index (χ2n) is 4.95. The summed E-state index contributed by atoms with van der Waals surface area (Å²) in [6.07, 6.45) is -0.723. The van der Waals surface area contributed by atoms with Gasteiger partial charge in [-0.3, -0.25) is 0 Å². The number of carbonyl (C=O) groups excluding carboxylic acids is 1. The molecule has 2 heterocycles. The molecule has 3 aromatic rings. The highest BCUT2D eigenvalue weighted by molar-refractivity contribution is 7.20. The van der Waals surface area contributed by atoms with Crippen LogP contribution in [-0.4, -0.2) is 17.1 Å². The number of ether oxygens (including phenoxy) is 2. The van der Waals surface area contributed by atoms with Gasteiger partial charge in [-0.25, -0.2) is 9.78 Å². The van der Waals surface area contributed by atoms with E-state index in [1.807, 2.05) is 22.9 Å². The van der Waals surface area contributed by atoms with Crippen LogP contribution in [0.5, 0.6) is 5.75 Å². The zero-order chi connectivity index (χ0) is 16.9. The molecule has 0 aliphatic carbocycles. The highest BCUT2D eigenvalue weighted by atomic mass is 35.5. The number of thiazole rings is 1. The van der Waals surface area contributed by atoms with E-state index in [2.05, 4.69) is 4.98 Å². The van der Waals surface area contributed by atoms with Gasteiger partial charge in [0.05, 0.1) is 10.6 Å². The number of rotatable bonds is 6. The Balaban J connectivity index is 1.53. The highest BCUT2D eigenvalue weighted by Gasteiger charge is 2.17. The zero-order valence-corrected chi connectivity index (χ0v) is 15.2. The molecule has 4 nitrogen and oxygen atoms in total. The predicted octanol–water partition coefficient (Wildman–Crippen LogP) is 5.04. The van der Waals surface area contributed by atoms with Gasteiger partial charge in [0.25, 0.3) is 0 Å². The standard InChI is InChI=1S/C17H14ClNO3S2/c1-11(22-14-5-2-4-12(18)8-14)17(20)21-9-13-10-24-16(19-13)15-6-3-7-23-15/h2-8,10-11H,9H2,1H3. The Bertz CT molecular complexity index is 817. The molecule has 24 heavy (non-hydrogen) atoms. The maximum atomic E-state index is 12.0. The summed E-state index contributed by atoms with van der Waals surface area (Å²) in [5.74, 6) is 0.0845. The Labute approximate surface area is 152 Å². The van der Waals surface area contributed by atoms with Crippen LogP contribution >= 0.6 is 34.3 Å². The first-order valence-electron chi connectivity index (χ1n) is 7.19. The quantitative estimate of drug-likeness (QED) is 0.563. The van der Waals surface area contributed by atoms with Crippen molar-refractivity contribution in [3.8, 4) is 15.6 Å². The average Bonchev–Trinajstić information content (AvgIpc) is 3.23. The minimum absolute atomic E-state index is 0.129. The van der Waals surface area contributed by atoms with Gasteiger partial charge < -0.3 is 9.47 Å². The van der Waals surface area contributed by atoms with Gasteiger partial charge in [-0.05, 0) is 36.6 Å². The monoisotopic (exact) mass is 379 g/mol. The van der Waals surface area contributed by atoms with Gasteiger partial charge in [0.1, 0.15) is 17.4 Å². The first-order chi connectivity index (χ1) is 11.6. The summed E-state index contributed by atoms with van der Waals surface area (Å²) in [4.78, 5) is 17.6. The molecule has 3 rings (SSSR count). The van der Waals surface area contributed by atoms with E-state index in [1.54, 1.807) is 42.5 Å². The van der Waals surface area contributed by atoms with Crippen molar-refractivity contribution in [2.75, 3.05) is 0 Å². The summed E-state index contributed by atoms with van der Waals surface area (Å²) in [6.45, 7) is 1.77. The van der Waals surface area contributed by atoms with Crippen LogP contribution in [0.1, 0.15) is 12.6 Å². The summed E-state index contributed by atoms with van der Waals surface area (Å²) >= 11 is 9.06. The van der Waals surface area contributed by atoms with E-state index in [-0.39, 0.29) is 6.61 Å². The van der Waals surface area contributed by atoms with Crippen LogP contribution in [0, 0.1) is 0 Å². The maximum absolute atomic E-state index is 12.0. The molecular formula is C17H14ClNO3S2. The van der Waals surface area contributed by atoms with E-state index >= 15 is 0 Å². The minimum Gasteiger partial charge on any atom is -0.479 e. The van der Waals surface area contributed by atoms with Crippen molar-refractivity contribution in [1.82, 2.24) is 4.98 Å². The Kier molecular flexibility index (Phi) is 5.50. The number of hydrogen-bond acceptors (Lipinski definition) is 6. The van der Waals surface area contributed by atoms with Crippen molar-refractivity contribution >= 4 is 40.2 Å². The second-order valence-corrected chi connectivity index (χ2v) is 7.19. The van der Waals surface area contributed by atoms with Crippen molar-refractivity contribution in [3.05, 3.63) is 57.9 Å². The topological polar surface area (TPSA) is 48.4 Å². The van der Waals surface area contributed by atoms with E-state index in [9.17, 15) is 4.79 Å². The summed E-state index contributed by atoms with van der Waals surface area (Å²) in [5, 5.41) is 5.38. The van der Waals surface area contributed by atoms with Crippen LogP contribution in [0.2, 0.25) is 5.02 Å².